The summed E-state index contributed by atoms with van der Waals surface area (Å²) < 4.78 is 0. The summed E-state index contributed by atoms with van der Waals surface area (Å²) in [5.74, 6) is 0.258. The highest BCUT2D eigenvalue weighted by Gasteiger charge is 2.19. The van der Waals surface area contributed by atoms with Gasteiger partial charge in [0, 0.05) is 17.7 Å². The lowest BCUT2D eigenvalue weighted by Gasteiger charge is -2.02. The fourth-order valence-corrected chi connectivity index (χ4v) is 1.62. The molecule has 0 heterocycles. The molecule has 0 atom stereocenters. The van der Waals surface area contributed by atoms with Crippen LogP contribution in [0.5, 0.6) is 0 Å². The van der Waals surface area contributed by atoms with Gasteiger partial charge in [-0.3, -0.25) is 4.79 Å². The van der Waals surface area contributed by atoms with E-state index < -0.39 is 0 Å². The lowest BCUT2D eigenvalue weighted by atomic mass is 10.1. The first-order valence-corrected chi connectivity index (χ1v) is 4.10. The van der Waals surface area contributed by atoms with Gasteiger partial charge in [0.1, 0.15) is 0 Å². The Kier molecular flexibility index (Phi) is 1.43. The Balaban J connectivity index is 2.63. The van der Waals surface area contributed by atoms with Gasteiger partial charge >= 0.3 is 0 Å². The SMILES string of the molecule is Cc1cc2c(cc1N)CCC2=O. The number of carbonyl (C=O) groups is 1. The van der Waals surface area contributed by atoms with Crippen molar-refractivity contribution in [3.8, 4) is 0 Å². The summed E-state index contributed by atoms with van der Waals surface area (Å²) in [6.45, 7) is 1.93. The largest absolute Gasteiger partial charge is 0.399 e. The fraction of sp³-hybridized carbons (Fsp3) is 0.300. The van der Waals surface area contributed by atoms with Gasteiger partial charge in [0.25, 0.3) is 0 Å². The molecule has 2 heteroatoms. The zero-order valence-electron chi connectivity index (χ0n) is 7.05. The van der Waals surface area contributed by atoms with Crippen molar-refractivity contribution < 1.29 is 4.79 Å². The molecule has 0 amide bonds. The average molecular weight is 161 g/mol. The monoisotopic (exact) mass is 161 g/mol. The number of anilines is 1. The predicted molar refractivity (Wildman–Crippen MR) is 48.2 cm³/mol. The Morgan fingerprint density at radius 2 is 2.08 bits per heavy atom. The third-order valence-corrected chi connectivity index (χ3v) is 2.41. The predicted octanol–water partition coefficient (Wildman–Crippen LogP) is 1.71. The number of aryl methyl sites for hydroxylation is 2. The number of ketones is 1. The molecule has 2 nitrogen and oxygen atoms in total. The number of fused-ring (bicyclic) bond motifs is 1. The molecule has 0 saturated carbocycles. The maximum atomic E-state index is 11.3. The number of hydrogen-bond acceptors (Lipinski definition) is 2. The van der Waals surface area contributed by atoms with Crippen LogP contribution in [0.4, 0.5) is 5.69 Å². The topological polar surface area (TPSA) is 43.1 Å². The Labute approximate surface area is 71.4 Å². The van der Waals surface area contributed by atoms with E-state index in [1.54, 1.807) is 0 Å². The Bertz CT molecular complexity index is 355. The quantitative estimate of drug-likeness (QED) is 0.588. The first-order chi connectivity index (χ1) is 5.68. The van der Waals surface area contributed by atoms with Crippen molar-refractivity contribution >= 4 is 11.5 Å². The van der Waals surface area contributed by atoms with Crippen LogP contribution in [-0.2, 0) is 6.42 Å². The van der Waals surface area contributed by atoms with Crippen LogP contribution in [0.1, 0.15) is 27.9 Å². The minimum atomic E-state index is 0.258. The number of carbonyl (C=O) groups excluding carboxylic acids is 1. The fourth-order valence-electron chi connectivity index (χ4n) is 1.62. The number of benzene rings is 1. The van der Waals surface area contributed by atoms with Gasteiger partial charge in [-0.2, -0.15) is 0 Å². The van der Waals surface area contributed by atoms with Crippen molar-refractivity contribution in [1.29, 1.82) is 0 Å². The van der Waals surface area contributed by atoms with Gasteiger partial charge in [-0.15, -0.1) is 0 Å². The van der Waals surface area contributed by atoms with E-state index in [2.05, 4.69) is 0 Å². The Morgan fingerprint density at radius 1 is 1.33 bits per heavy atom. The molecule has 1 aromatic carbocycles. The van der Waals surface area contributed by atoms with E-state index in [-0.39, 0.29) is 5.78 Å². The van der Waals surface area contributed by atoms with E-state index >= 15 is 0 Å². The molecular formula is C10H11NO. The summed E-state index contributed by atoms with van der Waals surface area (Å²) in [5.41, 5.74) is 9.52. The molecule has 0 aliphatic heterocycles. The van der Waals surface area contributed by atoms with E-state index in [1.807, 2.05) is 19.1 Å². The van der Waals surface area contributed by atoms with Gasteiger partial charge in [0.05, 0.1) is 0 Å². The minimum absolute atomic E-state index is 0.258. The molecule has 1 aliphatic carbocycles. The molecule has 2 rings (SSSR count). The lowest BCUT2D eigenvalue weighted by molar-refractivity contribution is 0.0994. The second kappa shape index (κ2) is 2.34. The average Bonchev–Trinajstić information content (AvgIpc) is 2.35. The van der Waals surface area contributed by atoms with Gasteiger partial charge in [0.2, 0.25) is 0 Å². The van der Waals surface area contributed by atoms with E-state index in [4.69, 9.17) is 5.73 Å². The Morgan fingerprint density at radius 3 is 2.83 bits per heavy atom. The molecule has 0 saturated heterocycles. The summed E-state index contributed by atoms with van der Waals surface area (Å²) >= 11 is 0. The summed E-state index contributed by atoms with van der Waals surface area (Å²) in [4.78, 5) is 11.3. The first-order valence-electron chi connectivity index (χ1n) is 4.10. The van der Waals surface area contributed by atoms with E-state index in [0.29, 0.717) is 6.42 Å². The molecule has 2 N–H and O–H groups in total. The number of rotatable bonds is 0. The van der Waals surface area contributed by atoms with E-state index in [9.17, 15) is 4.79 Å². The van der Waals surface area contributed by atoms with Crippen LogP contribution < -0.4 is 5.73 Å². The maximum absolute atomic E-state index is 11.3. The summed E-state index contributed by atoms with van der Waals surface area (Å²) in [5, 5.41) is 0. The first kappa shape index (κ1) is 7.35. The lowest BCUT2D eigenvalue weighted by Crippen LogP contribution is -1.95. The third kappa shape index (κ3) is 0.916. The van der Waals surface area contributed by atoms with Crippen molar-refractivity contribution in [2.24, 2.45) is 0 Å². The van der Waals surface area contributed by atoms with Crippen LogP contribution in [0.15, 0.2) is 12.1 Å². The minimum Gasteiger partial charge on any atom is -0.399 e. The maximum Gasteiger partial charge on any atom is 0.163 e. The van der Waals surface area contributed by atoms with Crippen molar-refractivity contribution in [3.63, 3.8) is 0 Å². The van der Waals surface area contributed by atoms with Crippen LogP contribution in [0.2, 0.25) is 0 Å². The van der Waals surface area contributed by atoms with Gasteiger partial charge in [0.15, 0.2) is 5.78 Å². The molecule has 0 bridgehead atoms. The van der Waals surface area contributed by atoms with Crippen LogP contribution in [-0.4, -0.2) is 5.78 Å². The number of hydrogen-bond donors (Lipinski definition) is 1. The van der Waals surface area contributed by atoms with Gasteiger partial charge in [-0.05, 0) is 36.6 Å². The molecule has 0 radical (unpaired) electrons. The van der Waals surface area contributed by atoms with Crippen LogP contribution >= 0.6 is 0 Å². The van der Waals surface area contributed by atoms with Crippen molar-refractivity contribution in [2.75, 3.05) is 5.73 Å². The van der Waals surface area contributed by atoms with Crippen LogP contribution in [0, 0.1) is 6.92 Å². The number of nitrogen functional groups attached to an aromatic ring is 1. The zero-order valence-corrected chi connectivity index (χ0v) is 7.05. The third-order valence-electron chi connectivity index (χ3n) is 2.41. The number of Topliss-reactive ketones (excluding diaryl/α,β-unsaturated/α-hetero) is 1. The highest BCUT2D eigenvalue weighted by molar-refractivity contribution is 6.01. The van der Waals surface area contributed by atoms with Crippen LogP contribution in [0.3, 0.4) is 0 Å². The highest BCUT2D eigenvalue weighted by Crippen LogP contribution is 2.26. The van der Waals surface area contributed by atoms with Gasteiger partial charge < -0.3 is 5.73 Å². The van der Waals surface area contributed by atoms with Gasteiger partial charge in [-0.25, -0.2) is 0 Å². The molecule has 62 valence electrons. The van der Waals surface area contributed by atoms with Crippen molar-refractivity contribution in [1.82, 2.24) is 0 Å². The van der Waals surface area contributed by atoms with E-state index in [0.717, 1.165) is 28.8 Å². The van der Waals surface area contributed by atoms with E-state index in [1.165, 1.54) is 0 Å². The van der Waals surface area contributed by atoms with Crippen LogP contribution in [0.25, 0.3) is 0 Å². The van der Waals surface area contributed by atoms with Crippen molar-refractivity contribution in [2.45, 2.75) is 19.8 Å². The molecule has 0 fully saturated rings. The van der Waals surface area contributed by atoms with Gasteiger partial charge in [-0.1, -0.05) is 0 Å². The standard InChI is InChI=1S/C10H11NO/c1-6-4-8-7(5-9(6)11)2-3-10(8)12/h4-5H,2-3,11H2,1H3. The number of nitrogens with two attached hydrogens (primary N) is 1. The highest BCUT2D eigenvalue weighted by atomic mass is 16.1. The molecule has 1 aliphatic rings. The molecule has 0 spiro atoms. The molecule has 0 unspecified atom stereocenters. The molecule has 0 aromatic heterocycles. The Hall–Kier alpha value is -1.31. The molecule has 12 heavy (non-hydrogen) atoms. The smallest absolute Gasteiger partial charge is 0.163 e. The second-order valence-corrected chi connectivity index (χ2v) is 3.29. The summed E-state index contributed by atoms with van der Waals surface area (Å²) in [6.07, 6.45) is 1.51. The molecular weight excluding hydrogens is 150 g/mol. The summed E-state index contributed by atoms with van der Waals surface area (Å²) in [7, 11) is 0. The summed E-state index contributed by atoms with van der Waals surface area (Å²) in [6, 6.07) is 3.83. The van der Waals surface area contributed by atoms with Crippen molar-refractivity contribution in [3.05, 3.63) is 28.8 Å². The normalized spacial score (nSPS) is 14.9. The zero-order chi connectivity index (χ0) is 8.72. The molecule has 1 aromatic rings. The second-order valence-electron chi connectivity index (χ2n) is 3.29.